The van der Waals surface area contributed by atoms with E-state index in [4.69, 9.17) is 4.74 Å². The molecule has 0 radical (unpaired) electrons. The molecule has 3 amide bonds. The summed E-state index contributed by atoms with van der Waals surface area (Å²) >= 11 is 0. The molecule has 1 fully saturated rings. The number of hydrogen-bond acceptors (Lipinski definition) is 3. The Bertz CT molecular complexity index is 531. The number of benzene rings is 1. The molecule has 1 aliphatic rings. The number of para-hydroxylation sites is 1. The zero-order chi connectivity index (χ0) is 15.9. The summed E-state index contributed by atoms with van der Waals surface area (Å²) < 4.78 is 5.79. The van der Waals surface area contributed by atoms with Gasteiger partial charge in [-0.2, -0.15) is 0 Å². The molecule has 1 atom stereocenters. The standard InChI is InChI=1S/C16H23N3O3/c1-11(2)7-8-22-14-6-4-3-5-12(14)9-17-15(20)13-10-18-16(21)19-13/h3-6,11,13H,7-10H2,1-2H3,(H,17,20)(H2,18,19,21)/t13-/m0/s1. The van der Waals surface area contributed by atoms with Gasteiger partial charge in [0.15, 0.2) is 0 Å². The Morgan fingerprint density at radius 3 is 2.86 bits per heavy atom. The van der Waals surface area contributed by atoms with Crippen molar-refractivity contribution in [3.63, 3.8) is 0 Å². The van der Waals surface area contributed by atoms with Crippen LogP contribution in [0.2, 0.25) is 0 Å². The molecule has 0 unspecified atom stereocenters. The third-order valence-electron chi connectivity index (χ3n) is 3.47. The highest BCUT2D eigenvalue weighted by molar-refractivity contribution is 5.90. The highest BCUT2D eigenvalue weighted by Gasteiger charge is 2.26. The van der Waals surface area contributed by atoms with Gasteiger partial charge in [-0.05, 0) is 18.4 Å². The Morgan fingerprint density at radius 1 is 1.41 bits per heavy atom. The molecule has 0 aromatic heterocycles. The van der Waals surface area contributed by atoms with Crippen LogP contribution in [0, 0.1) is 5.92 Å². The van der Waals surface area contributed by atoms with Crippen molar-refractivity contribution in [1.29, 1.82) is 0 Å². The molecule has 0 spiro atoms. The fourth-order valence-electron chi connectivity index (χ4n) is 2.11. The van der Waals surface area contributed by atoms with Gasteiger partial charge in [0, 0.05) is 18.7 Å². The zero-order valence-corrected chi connectivity index (χ0v) is 13.0. The van der Waals surface area contributed by atoms with E-state index in [2.05, 4.69) is 29.8 Å². The average molecular weight is 305 g/mol. The molecule has 1 heterocycles. The molecule has 3 N–H and O–H groups in total. The molecule has 0 aliphatic carbocycles. The van der Waals surface area contributed by atoms with Gasteiger partial charge in [0.2, 0.25) is 5.91 Å². The Morgan fingerprint density at radius 2 is 2.18 bits per heavy atom. The van der Waals surface area contributed by atoms with E-state index in [-0.39, 0.29) is 11.9 Å². The van der Waals surface area contributed by atoms with Crippen LogP contribution >= 0.6 is 0 Å². The summed E-state index contributed by atoms with van der Waals surface area (Å²) in [5.74, 6) is 1.18. The van der Waals surface area contributed by atoms with Gasteiger partial charge < -0.3 is 20.7 Å². The van der Waals surface area contributed by atoms with E-state index in [1.54, 1.807) is 0 Å². The van der Waals surface area contributed by atoms with Crippen molar-refractivity contribution in [2.45, 2.75) is 32.9 Å². The van der Waals surface area contributed by atoms with E-state index in [0.717, 1.165) is 17.7 Å². The predicted octanol–water partition coefficient (Wildman–Crippen LogP) is 1.41. The van der Waals surface area contributed by atoms with E-state index in [1.807, 2.05) is 24.3 Å². The first-order valence-corrected chi connectivity index (χ1v) is 7.59. The summed E-state index contributed by atoms with van der Waals surface area (Å²) in [6.45, 7) is 5.66. The third-order valence-corrected chi connectivity index (χ3v) is 3.47. The molecular weight excluding hydrogens is 282 g/mol. The maximum atomic E-state index is 12.0. The summed E-state index contributed by atoms with van der Waals surface area (Å²) in [7, 11) is 0. The van der Waals surface area contributed by atoms with Crippen LogP contribution < -0.4 is 20.7 Å². The van der Waals surface area contributed by atoms with Crippen molar-refractivity contribution >= 4 is 11.9 Å². The molecule has 1 aromatic carbocycles. The van der Waals surface area contributed by atoms with Crippen LogP contribution in [0.1, 0.15) is 25.8 Å². The lowest BCUT2D eigenvalue weighted by atomic mass is 10.1. The first-order chi connectivity index (χ1) is 10.6. The number of urea groups is 1. The van der Waals surface area contributed by atoms with Crippen molar-refractivity contribution in [3.05, 3.63) is 29.8 Å². The summed E-state index contributed by atoms with van der Waals surface area (Å²) in [6, 6.07) is 6.84. The summed E-state index contributed by atoms with van der Waals surface area (Å²) in [6.07, 6.45) is 0.987. The molecule has 1 saturated heterocycles. The van der Waals surface area contributed by atoms with Crippen molar-refractivity contribution < 1.29 is 14.3 Å². The summed E-state index contributed by atoms with van der Waals surface area (Å²) in [5, 5.41) is 7.95. The minimum Gasteiger partial charge on any atom is -0.493 e. The maximum absolute atomic E-state index is 12.0. The average Bonchev–Trinajstić information content (AvgIpc) is 2.92. The molecular formula is C16H23N3O3. The van der Waals surface area contributed by atoms with Crippen LogP contribution in [0.4, 0.5) is 4.79 Å². The van der Waals surface area contributed by atoms with E-state index in [1.165, 1.54) is 0 Å². The van der Waals surface area contributed by atoms with Crippen LogP contribution in [0.5, 0.6) is 5.75 Å². The van der Waals surface area contributed by atoms with E-state index in [9.17, 15) is 9.59 Å². The smallest absolute Gasteiger partial charge is 0.315 e. The molecule has 0 saturated carbocycles. The van der Waals surface area contributed by atoms with Crippen molar-refractivity contribution in [2.24, 2.45) is 5.92 Å². The lowest BCUT2D eigenvalue weighted by Gasteiger charge is -2.14. The monoisotopic (exact) mass is 305 g/mol. The summed E-state index contributed by atoms with van der Waals surface area (Å²) in [5.41, 5.74) is 0.928. The van der Waals surface area contributed by atoms with Crippen molar-refractivity contribution in [3.8, 4) is 5.75 Å². The van der Waals surface area contributed by atoms with Gasteiger partial charge >= 0.3 is 6.03 Å². The number of carbonyl (C=O) groups is 2. The number of rotatable bonds is 7. The van der Waals surface area contributed by atoms with E-state index < -0.39 is 6.04 Å². The van der Waals surface area contributed by atoms with Crippen LogP contribution in [-0.2, 0) is 11.3 Å². The van der Waals surface area contributed by atoms with Gasteiger partial charge in [0.05, 0.1) is 6.61 Å². The fraction of sp³-hybridized carbons (Fsp3) is 0.500. The number of ether oxygens (including phenoxy) is 1. The minimum absolute atomic E-state index is 0.199. The van der Waals surface area contributed by atoms with Crippen LogP contribution in [0.3, 0.4) is 0 Å². The first-order valence-electron chi connectivity index (χ1n) is 7.59. The van der Waals surface area contributed by atoms with Gasteiger partial charge in [0.25, 0.3) is 0 Å². The van der Waals surface area contributed by atoms with Crippen molar-refractivity contribution in [1.82, 2.24) is 16.0 Å². The molecule has 1 aromatic rings. The molecule has 0 bridgehead atoms. The van der Waals surface area contributed by atoms with Gasteiger partial charge in [-0.3, -0.25) is 4.79 Å². The second-order valence-corrected chi connectivity index (χ2v) is 5.76. The third kappa shape index (κ3) is 4.65. The topological polar surface area (TPSA) is 79.5 Å². The van der Waals surface area contributed by atoms with Crippen LogP contribution in [0.15, 0.2) is 24.3 Å². The van der Waals surface area contributed by atoms with Crippen LogP contribution in [-0.4, -0.2) is 31.1 Å². The fourth-order valence-corrected chi connectivity index (χ4v) is 2.11. The number of amides is 3. The van der Waals surface area contributed by atoms with Gasteiger partial charge in [-0.15, -0.1) is 0 Å². The Kier molecular flexibility index (Phi) is 5.63. The normalized spacial score (nSPS) is 17.0. The molecule has 120 valence electrons. The second-order valence-electron chi connectivity index (χ2n) is 5.76. The predicted molar refractivity (Wildman–Crippen MR) is 83.6 cm³/mol. The number of nitrogens with one attached hydrogen (secondary N) is 3. The van der Waals surface area contributed by atoms with E-state index in [0.29, 0.717) is 25.6 Å². The van der Waals surface area contributed by atoms with Gasteiger partial charge in [0.1, 0.15) is 11.8 Å². The molecule has 6 nitrogen and oxygen atoms in total. The molecule has 1 aliphatic heterocycles. The Hall–Kier alpha value is -2.24. The first kappa shape index (κ1) is 16.1. The SMILES string of the molecule is CC(C)CCOc1ccccc1CNC(=O)[C@@H]1CNC(=O)N1. The highest BCUT2D eigenvalue weighted by Crippen LogP contribution is 2.18. The lowest BCUT2D eigenvalue weighted by molar-refractivity contribution is -0.122. The minimum atomic E-state index is -0.512. The maximum Gasteiger partial charge on any atom is 0.315 e. The Balaban J connectivity index is 1.86. The van der Waals surface area contributed by atoms with Crippen molar-refractivity contribution in [2.75, 3.05) is 13.2 Å². The molecule has 2 rings (SSSR count). The zero-order valence-electron chi connectivity index (χ0n) is 13.0. The van der Waals surface area contributed by atoms with Gasteiger partial charge in [-0.25, -0.2) is 4.79 Å². The number of hydrogen-bond donors (Lipinski definition) is 3. The number of carbonyl (C=O) groups excluding carboxylic acids is 2. The Labute approximate surface area is 130 Å². The van der Waals surface area contributed by atoms with E-state index >= 15 is 0 Å². The molecule has 6 heteroatoms. The lowest BCUT2D eigenvalue weighted by Crippen LogP contribution is -2.42. The quantitative estimate of drug-likeness (QED) is 0.712. The largest absolute Gasteiger partial charge is 0.493 e. The van der Waals surface area contributed by atoms with Gasteiger partial charge in [-0.1, -0.05) is 32.0 Å². The highest BCUT2D eigenvalue weighted by atomic mass is 16.5. The second kappa shape index (κ2) is 7.68. The molecule has 22 heavy (non-hydrogen) atoms. The summed E-state index contributed by atoms with van der Waals surface area (Å²) in [4.78, 5) is 23.0. The van der Waals surface area contributed by atoms with Crippen LogP contribution in [0.25, 0.3) is 0 Å².